The van der Waals surface area contributed by atoms with Crippen molar-refractivity contribution < 1.29 is 18.0 Å². The van der Waals surface area contributed by atoms with Gasteiger partial charge in [0.05, 0.1) is 5.56 Å². The lowest BCUT2D eigenvalue weighted by atomic mass is 10.0. The van der Waals surface area contributed by atoms with Gasteiger partial charge < -0.3 is 10.6 Å². The first-order chi connectivity index (χ1) is 12.3. The number of hydrogen-bond donors (Lipinski definition) is 2. The van der Waals surface area contributed by atoms with Crippen LogP contribution in [0.25, 0.3) is 0 Å². The number of benzene rings is 2. The zero-order chi connectivity index (χ0) is 19.2. The van der Waals surface area contributed by atoms with Gasteiger partial charge in [-0.15, -0.1) is 0 Å². The smallest absolute Gasteiger partial charge is 0.334 e. The molecule has 140 valence electrons. The molecule has 0 heterocycles. The Hall–Kier alpha value is -2.50. The second-order valence-electron chi connectivity index (χ2n) is 6.22. The molecule has 2 aromatic rings. The molecular formula is C20H23F3N2O. The van der Waals surface area contributed by atoms with Gasteiger partial charge in [0.25, 0.3) is 0 Å². The number of unbranched alkanes of at least 4 members (excludes halogenated alkanes) is 1. The fourth-order valence-corrected chi connectivity index (χ4v) is 2.70. The fraction of sp³-hybridized carbons (Fsp3) is 0.350. The highest BCUT2D eigenvalue weighted by atomic mass is 19.4. The minimum absolute atomic E-state index is 0.0294. The van der Waals surface area contributed by atoms with E-state index in [1.54, 1.807) is 0 Å². The third kappa shape index (κ3) is 5.51. The minimum atomic E-state index is -4.44. The molecule has 0 fully saturated rings. The average molecular weight is 364 g/mol. The van der Waals surface area contributed by atoms with Crippen molar-refractivity contribution in [3.8, 4) is 0 Å². The predicted octanol–water partition coefficient (Wildman–Crippen LogP) is 5.68. The second kappa shape index (κ2) is 8.74. The van der Waals surface area contributed by atoms with Crippen LogP contribution in [0.5, 0.6) is 0 Å². The van der Waals surface area contributed by atoms with Crippen LogP contribution in [-0.4, -0.2) is 6.03 Å². The van der Waals surface area contributed by atoms with E-state index in [2.05, 4.69) is 17.6 Å². The molecule has 3 nitrogen and oxygen atoms in total. The van der Waals surface area contributed by atoms with Crippen molar-refractivity contribution in [3.05, 3.63) is 64.7 Å². The molecule has 2 amide bonds. The number of rotatable bonds is 6. The topological polar surface area (TPSA) is 41.1 Å². The summed E-state index contributed by atoms with van der Waals surface area (Å²) < 4.78 is 38.9. The molecule has 2 rings (SSSR count). The maximum absolute atomic E-state index is 13.0. The monoisotopic (exact) mass is 364 g/mol. The van der Waals surface area contributed by atoms with Crippen LogP contribution in [0.3, 0.4) is 0 Å². The van der Waals surface area contributed by atoms with E-state index in [0.29, 0.717) is 5.69 Å². The Bertz CT molecular complexity index is 757. The SMILES string of the molecule is CCCCc1ccc(NC(=O)NCc2ccccc2C(F)(F)F)c(C)c1. The number of hydrogen-bond acceptors (Lipinski definition) is 1. The number of carbonyl (C=O) groups excluding carboxylic acids is 1. The number of carbonyl (C=O) groups is 1. The van der Waals surface area contributed by atoms with Crippen molar-refractivity contribution in [2.24, 2.45) is 0 Å². The van der Waals surface area contributed by atoms with Crippen molar-refractivity contribution in [1.82, 2.24) is 5.32 Å². The summed E-state index contributed by atoms with van der Waals surface area (Å²) in [6.45, 7) is 3.82. The minimum Gasteiger partial charge on any atom is -0.334 e. The summed E-state index contributed by atoms with van der Waals surface area (Å²) in [6, 6.07) is 10.5. The van der Waals surface area contributed by atoms with Gasteiger partial charge in [-0.05, 0) is 48.6 Å². The van der Waals surface area contributed by atoms with Gasteiger partial charge in [0.15, 0.2) is 0 Å². The van der Waals surface area contributed by atoms with Crippen molar-refractivity contribution >= 4 is 11.7 Å². The molecule has 0 aliphatic rings. The Morgan fingerprint density at radius 3 is 2.50 bits per heavy atom. The number of anilines is 1. The molecule has 0 bridgehead atoms. The van der Waals surface area contributed by atoms with Gasteiger partial charge in [-0.3, -0.25) is 0 Å². The summed E-state index contributed by atoms with van der Waals surface area (Å²) in [5, 5.41) is 5.18. The summed E-state index contributed by atoms with van der Waals surface area (Å²) in [5.41, 5.74) is 2.06. The Balaban J connectivity index is 1.98. The highest BCUT2D eigenvalue weighted by Crippen LogP contribution is 2.31. The van der Waals surface area contributed by atoms with E-state index in [1.807, 2.05) is 25.1 Å². The first kappa shape index (κ1) is 19.8. The summed E-state index contributed by atoms with van der Waals surface area (Å²) in [4.78, 5) is 12.1. The molecule has 0 aliphatic heterocycles. The van der Waals surface area contributed by atoms with Gasteiger partial charge in [-0.2, -0.15) is 13.2 Å². The first-order valence-electron chi connectivity index (χ1n) is 8.60. The highest BCUT2D eigenvalue weighted by Gasteiger charge is 2.32. The first-order valence-corrected chi connectivity index (χ1v) is 8.60. The molecule has 0 unspecified atom stereocenters. The van der Waals surface area contributed by atoms with E-state index >= 15 is 0 Å². The van der Waals surface area contributed by atoms with Crippen LogP contribution in [0.4, 0.5) is 23.7 Å². The van der Waals surface area contributed by atoms with Crippen molar-refractivity contribution in [2.45, 2.75) is 45.8 Å². The lowest BCUT2D eigenvalue weighted by Gasteiger charge is -2.14. The van der Waals surface area contributed by atoms with Gasteiger partial charge in [-0.25, -0.2) is 4.79 Å². The molecule has 0 radical (unpaired) electrons. The third-order valence-electron chi connectivity index (χ3n) is 4.12. The van der Waals surface area contributed by atoms with Crippen LogP contribution >= 0.6 is 0 Å². The molecule has 0 atom stereocenters. The van der Waals surface area contributed by atoms with Gasteiger partial charge in [0.2, 0.25) is 0 Å². The van der Waals surface area contributed by atoms with E-state index in [1.165, 1.54) is 23.8 Å². The fourth-order valence-electron chi connectivity index (χ4n) is 2.70. The van der Waals surface area contributed by atoms with Gasteiger partial charge >= 0.3 is 12.2 Å². The third-order valence-corrected chi connectivity index (χ3v) is 4.12. The Kier molecular flexibility index (Phi) is 6.66. The maximum Gasteiger partial charge on any atom is 0.416 e. The quantitative estimate of drug-likeness (QED) is 0.680. The molecular weight excluding hydrogens is 341 g/mol. The molecule has 0 aromatic heterocycles. The van der Waals surface area contributed by atoms with Crippen LogP contribution in [0, 0.1) is 6.92 Å². The molecule has 26 heavy (non-hydrogen) atoms. The second-order valence-corrected chi connectivity index (χ2v) is 6.22. The van der Waals surface area contributed by atoms with Crippen LogP contribution in [-0.2, 0) is 19.1 Å². The Morgan fingerprint density at radius 2 is 1.85 bits per heavy atom. The van der Waals surface area contributed by atoms with E-state index in [0.717, 1.165) is 30.9 Å². The molecule has 6 heteroatoms. The van der Waals surface area contributed by atoms with Gasteiger partial charge in [0.1, 0.15) is 0 Å². The number of amides is 2. The number of aryl methyl sites for hydroxylation is 2. The van der Waals surface area contributed by atoms with Gasteiger partial charge in [-0.1, -0.05) is 43.7 Å². The molecule has 0 saturated heterocycles. The van der Waals surface area contributed by atoms with E-state index in [9.17, 15) is 18.0 Å². The molecule has 0 spiro atoms. The van der Waals surface area contributed by atoms with Crippen LogP contribution in [0.1, 0.15) is 42.0 Å². The number of nitrogens with one attached hydrogen (secondary N) is 2. The molecule has 0 aliphatic carbocycles. The zero-order valence-electron chi connectivity index (χ0n) is 14.9. The lowest BCUT2D eigenvalue weighted by molar-refractivity contribution is -0.138. The van der Waals surface area contributed by atoms with Crippen molar-refractivity contribution in [3.63, 3.8) is 0 Å². The van der Waals surface area contributed by atoms with E-state index in [4.69, 9.17) is 0 Å². The molecule has 2 N–H and O–H groups in total. The molecule has 2 aromatic carbocycles. The van der Waals surface area contributed by atoms with Crippen molar-refractivity contribution in [2.75, 3.05) is 5.32 Å². The number of alkyl halides is 3. The number of urea groups is 1. The van der Waals surface area contributed by atoms with Crippen LogP contribution in [0.15, 0.2) is 42.5 Å². The molecule has 0 saturated carbocycles. The normalized spacial score (nSPS) is 11.3. The average Bonchev–Trinajstić information content (AvgIpc) is 2.59. The zero-order valence-corrected chi connectivity index (χ0v) is 14.9. The predicted molar refractivity (Wildman–Crippen MR) is 97.1 cm³/mol. The number of halogens is 3. The van der Waals surface area contributed by atoms with E-state index < -0.39 is 17.8 Å². The Labute approximate surface area is 151 Å². The summed E-state index contributed by atoms with van der Waals surface area (Å²) in [7, 11) is 0. The highest BCUT2D eigenvalue weighted by molar-refractivity contribution is 5.90. The largest absolute Gasteiger partial charge is 0.416 e. The van der Waals surface area contributed by atoms with Crippen LogP contribution in [0.2, 0.25) is 0 Å². The standard InChI is InChI=1S/C20H23F3N2O/c1-3-4-7-15-10-11-18(14(2)12-15)25-19(26)24-13-16-8-5-6-9-17(16)20(21,22)23/h5-6,8-12H,3-4,7,13H2,1-2H3,(H2,24,25,26). The van der Waals surface area contributed by atoms with Gasteiger partial charge in [0, 0.05) is 12.2 Å². The van der Waals surface area contributed by atoms with Crippen LogP contribution < -0.4 is 10.6 Å². The maximum atomic E-state index is 13.0. The van der Waals surface area contributed by atoms with E-state index in [-0.39, 0.29) is 12.1 Å². The lowest BCUT2D eigenvalue weighted by Crippen LogP contribution is -2.29. The Morgan fingerprint density at radius 1 is 1.12 bits per heavy atom. The summed E-state index contributed by atoms with van der Waals surface area (Å²) >= 11 is 0. The summed E-state index contributed by atoms with van der Waals surface area (Å²) in [5.74, 6) is 0. The van der Waals surface area contributed by atoms with Crippen molar-refractivity contribution in [1.29, 1.82) is 0 Å². The summed E-state index contributed by atoms with van der Waals surface area (Å²) in [6.07, 6.45) is -1.25.